The van der Waals surface area contributed by atoms with Gasteiger partial charge in [-0.05, 0) is 36.3 Å². The van der Waals surface area contributed by atoms with Crippen LogP contribution < -0.4 is 20.3 Å². The molecule has 3 aromatic rings. The maximum absolute atomic E-state index is 13.3. The molecular weight excluding hydrogens is 570 g/mol. The largest absolute Gasteiger partial charge is 0.378 e. The lowest BCUT2D eigenvalue weighted by atomic mass is 9.94. The van der Waals surface area contributed by atoms with E-state index in [1.54, 1.807) is 18.2 Å². The normalized spacial score (nSPS) is 14.3. The second-order valence-corrected chi connectivity index (χ2v) is 14.0. The first kappa shape index (κ1) is 28.5. The van der Waals surface area contributed by atoms with E-state index >= 15 is 0 Å². The quantitative estimate of drug-likeness (QED) is 0.247. The third-order valence-electron chi connectivity index (χ3n) is 5.95. The van der Waals surface area contributed by atoms with Crippen LogP contribution in [0.25, 0.3) is 0 Å². The molecule has 0 saturated heterocycles. The number of thiazole rings is 1. The summed E-state index contributed by atoms with van der Waals surface area (Å²) in [5.74, 6) is -0.170. The molecule has 18 heteroatoms. The van der Waals surface area contributed by atoms with E-state index < -0.39 is 37.6 Å². The molecule has 4 N–H and O–H groups in total. The van der Waals surface area contributed by atoms with Crippen molar-refractivity contribution in [3.05, 3.63) is 29.5 Å². The third-order valence-corrected chi connectivity index (χ3v) is 9.72. The van der Waals surface area contributed by atoms with Crippen LogP contribution in [-0.2, 0) is 26.4 Å². The molecule has 4 rings (SSSR count). The molecule has 1 saturated carbocycles. The van der Waals surface area contributed by atoms with Gasteiger partial charge in [-0.3, -0.25) is 10.1 Å². The maximum atomic E-state index is 13.3. The average Bonchev–Trinajstić information content (AvgIpc) is 3.64. The Hall–Kier alpha value is -3.48. The van der Waals surface area contributed by atoms with Crippen molar-refractivity contribution in [2.45, 2.75) is 41.6 Å². The molecule has 2 amide bonds. The minimum atomic E-state index is -4.32. The fourth-order valence-corrected chi connectivity index (χ4v) is 6.96. The number of rotatable bonds is 10. The van der Waals surface area contributed by atoms with Crippen molar-refractivity contribution in [1.29, 1.82) is 0 Å². The number of nitrogens with zero attached hydrogens (tertiary/aromatic N) is 5. The van der Waals surface area contributed by atoms with Crippen LogP contribution in [0.4, 0.5) is 21.3 Å². The number of ketones is 1. The van der Waals surface area contributed by atoms with Crippen molar-refractivity contribution in [2.75, 3.05) is 35.9 Å². The third kappa shape index (κ3) is 6.75. The number of carbonyl (C=O) groups excluding carboxylic acids is 2. The number of sulfonamides is 1. The number of nitrogens with one attached hydrogen (secondary N) is 4. The molecule has 39 heavy (non-hydrogen) atoms. The molecule has 0 radical (unpaired) electrons. The van der Waals surface area contributed by atoms with Gasteiger partial charge in [-0.25, -0.2) is 31.3 Å². The zero-order valence-corrected chi connectivity index (χ0v) is 23.7. The number of anilines is 3. The van der Waals surface area contributed by atoms with Gasteiger partial charge in [0, 0.05) is 31.3 Å². The lowest BCUT2D eigenvalue weighted by Crippen LogP contribution is -2.23. The highest BCUT2D eigenvalue weighted by atomic mass is 32.2. The van der Waals surface area contributed by atoms with Crippen LogP contribution in [0.15, 0.2) is 27.6 Å². The number of hydrogen-bond donors (Lipinski definition) is 4. The average molecular weight is 598 g/mol. The van der Waals surface area contributed by atoms with Crippen molar-refractivity contribution in [3.8, 4) is 0 Å². The fourth-order valence-electron chi connectivity index (χ4n) is 4.04. The Kier molecular flexibility index (Phi) is 8.28. The molecule has 15 nitrogen and oxygen atoms in total. The number of H-pyrrole nitrogens is 1. The predicted molar refractivity (Wildman–Crippen MR) is 143 cm³/mol. The van der Waals surface area contributed by atoms with E-state index in [1.807, 2.05) is 19.0 Å². The Morgan fingerprint density at radius 1 is 1.13 bits per heavy atom. The molecule has 0 bridgehead atoms. The van der Waals surface area contributed by atoms with Gasteiger partial charge < -0.3 is 10.2 Å². The van der Waals surface area contributed by atoms with Crippen molar-refractivity contribution in [2.24, 2.45) is 5.92 Å². The summed E-state index contributed by atoms with van der Waals surface area (Å²) >= 11 is 0.590. The van der Waals surface area contributed by atoms with Crippen molar-refractivity contribution < 1.29 is 26.4 Å². The summed E-state index contributed by atoms with van der Waals surface area (Å²) in [5.41, 5.74) is 1.30. The van der Waals surface area contributed by atoms with Gasteiger partial charge in [0.15, 0.2) is 15.1 Å². The monoisotopic (exact) mass is 597 g/mol. The highest BCUT2D eigenvalue weighted by molar-refractivity contribution is 7.93. The van der Waals surface area contributed by atoms with Crippen LogP contribution in [0.2, 0.25) is 0 Å². The highest BCUT2D eigenvalue weighted by Crippen LogP contribution is 2.33. The van der Waals surface area contributed by atoms with Gasteiger partial charge in [-0.2, -0.15) is 5.21 Å². The minimum absolute atomic E-state index is 0.0524. The summed E-state index contributed by atoms with van der Waals surface area (Å²) in [4.78, 5) is 32.2. The summed E-state index contributed by atoms with van der Waals surface area (Å²) in [5, 5.41) is 16.6. The second kappa shape index (κ2) is 11.3. The molecule has 1 aliphatic rings. The zero-order valence-electron chi connectivity index (χ0n) is 21.3. The van der Waals surface area contributed by atoms with Crippen LogP contribution in [0.5, 0.6) is 0 Å². The molecular formula is C21H27N9O6S3. The molecule has 2 heterocycles. The van der Waals surface area contributed by atoms with Crippen molar-refractivity contribution in [1.82, 2.24) is 30.3 Å². The van der Waals surface area contributed by atoms with Crippen molar-refractivity contribution in [3.63, 3.8) is 0 Å². The van der Waals surface area contributed by atoms with Crippen LogP contribution >= 0.6 is 11.3 Å². The number of hydrogen-bond acceptors (Lipinski definition) is 12. The van der Waals surface area contributed by atoms with Gasteiger partial charge in [-0.1, -0.05) is 29.3 Å². The van der Waals surface area contributed by atoms with E-state index in [1.165, 1.54) is 0 Å². The van der Waals surface area contributed by atoms with Crippen LogP contribution in [0.1, 0.15) is 41.7 Å². The Labute approximate surface area is 228 Å². The summed E-state index contributed by atoms with van der Waals surface area (Å²) in [6.45, 7) is -0.461. The summed E-state index contributed by atoms with van der Waals surface area (Å²) in [6, 6.07) is 4.35. The predicted octanol–water partition coefficient (Wildman–Crippen LogP) is 1.62. The molecule has 1 aromatic carbocycles. The molecule has 210 valence electrons. The van der Waals surface area contributed by atoms with E-state index in [-0.39, 0.29) is 26.7 Å². The zero-order chi connectivity index (χ0) is 28.4. The number of Topliss-reactive ketones (excluding diaryl/α,β-unsaturated/α-hetero) is 1. The standard InChI is InChI=1S/C21H27N9O6S3/c1-30(2)13-8-9-15(14(10-13)17(31)12-6-4-5-7-12)23-19(32)25-20-24-16(11-22-38(3,33)34)18(37-20)39(35,36)21-26-28-29-27-21/h8-10,12,22H,4-7,11H2,1-3H3,(H2,23,24,25,32)(H,26,27,28,29). The molecule has 2 aromatic heterocycles. The maximum Gasteiger partial charge on any atom is 0.325 e. The molecule has 0 atom stereocenters. The fraction of sp³-hybridized carbons (Fsp3) is 0.429. The molecule has 0 aliphatic heterocycles. The van der Waals surface area contributed by atoms with E-state index in [0.29, 0.717) is 22.6 Å². The van der Waals surface area contributed by atoms with E-state index in [4.69, 9.17) is 0 Å². The van der Waals surface area contributed by atoms with Gasteiger partial charge in [0.05, 0.1) is 24.2 Å². The SMILES string of the molecule is CN(C)c1ccc(NC(=O)Nc2nc(CNS(C)(=O)=O)c(S(=O)(=O)c3nn[nH]n3)s2)c(C(=O)C2CCCC2)c1. The number of aromatic amines is 1. The van der Waals surface area contributed by atoms with Crippen LogP contribution in [0.3, 0.4) is 0 Å². The Morgan fingerprint density at radius 2 is 1.85 bits per heavy atom. The number of sulfone groups is 1. The smallest absolute Gasteiger partial charge is 0.325 e. The van der Waals surface area contributed by atoms with Gasteiger partial charge in [-0.15, -0.1) is 5.10 Å². The summed E-state index contributed by atoms with van der Waals surface area (Å²) < 4.78 is 51.0. The summed E-state index contributed by atoms with van der Waals surface area (Å²) in [6.07, 6.45) is 4.44. The van der Waals surface area contributed by atoms with Crippen molar-refractivity contribution >= 4 is 59.5 Å². The lowest BCUT2D eigenvalue weighted by molar-refractivity contribution is 0.0923. The first-order chi connectivity index (χ1) is 18.3. The molecule has 0 spiro atoms. The van der Waals surface area contributed by atoms with E-state index in [9.17, 15) is 26.4 Å². The first-order valence-electron chi connectivity index (χ1n) is 11.7. The lowest BCUT2D eigenvalue weighted by Gasteiger charge is -2.18. The Bertz CT molecular complexity index is 1580. The number of aromatic nitrogens is 5. The Morgan fingerprint density at radius 3 is 2.46 bits per heavy atom. The van der Waals surface area contributed by atoms with Crippen LogP contribution in [0, 0.1) is 5.92 Å². The molecule has 1 aliphatic carbocycles. The number of tetrazole rings is 1. The van der Waals surface area contributed by atoms with E-state index in [2.05, 4.69) is 41.0 Å². The number of carbonyl (C=O) groups is 2. The molecule has 0 unspecified atom stereocenters. The number of urea groups is 1. The van der Waals surface area contributed by atoms with Crippen LogP contribution in [-0.4, -0.2) is 74.6 Å². The molecule has 1 fully saturated rings. The van der Waals surface area contributed by atoms with E-state index in [0.717, 1.165) is 37.6 Å². The van der Waals surface area contributed by atoms with Gasteiger partial charge in [0.1, 0.15) is 0 Å². The number of amides is 2. The minimum Gasteiger partial charge on any atom is -0.378 e. The second-order valence-electron chi connectivity index (χ2n) is 9.09. The summed E-state index contributed by atoms with van der Waals surface area (Å²) in [7, 11) is -4.32. The topological polar surface area (TPSA) is 209 Å². The number of benzene rings is 1. The first-order valence-corrected chi connectivity index (χ1v) is 15.9. The van der Waals surface area contributed by atoms with Gasteiger partial charge >= 0.3 is 6.03 Å². The van der Waals surface area contributed by atoms with Gasteiger partial charge in [0.25, 0.3) is 15.0 Å². The Balaban J connectivity index is 1.61. The highest BCUT2D eigenvalue weighted by Gasteiger charge is 2.31. The van der Waals surface area contributed by atoms with Gasteiger partial charge in [0.2, 0.25) is 10.0 Å².